The average molecular weight is 351 g/mol. The monoisotopic (exact) mass is 351 g/mol. The topological polar surface area (TPSA) is 107 Å². The van der Waals surface area contributed by atoms with Gasteiger partial charge in [0.25, 0.3) is 11.8 Å². The highest BCUT2D eigenvalue weighted by Crippen LogP contribution is 2.32. The van der Waals surface area contributed by atoms with Crippen molar-refractivity contribution in [1.29, 1.82) is 0 Å². The molecule has 0 unspecified atom stereocenters. The molecule has 0 radical (unpaired) electrons. The highest BCUT2D eigenvalue weighted by atomic mass is 32.2. The number of carbonyl (C=O) groups excluding carboxylic acids is 2. The van der Waals surface area contributed by atoms with Gasteiger partial charge in [-0.1, -0.05) is 0 Å². The molecule has 0 saturated heterocycles. The third-order valence-electron chi connectivity index (χ3n) is 3.94. The van der Waals surface area contributed by atoms with Gasteiger partial charge in [0.15, 0.2) is 0 Å². The van der Waals surface area contributed by atoms with Crippen LogP contribution >= 0.6 is 0 Å². The molecule has 1 aromatic carbocycles. The highest BCUT2D eigenvalue weighted by molar-refractivity contribution is 7.92. The van der Waals surface area contributed by atoms with Gasteiger partial charge in [-0.25, -0.2) is 8.42 Å². The van der Waals surface area contributed by atoms with Gasteiger partial charge in [-0.15, -0.1) is 0 Å². The maximum atomic E-state index is 12.1. The molecule has 1 aromatic rings. The average Bonchev–Trinajstić information content (AvgIpc) is 3.04. The van der Waals surface area contributed by atoms with Crippen molar-refractivity contribution in [3.05, 3.63) is 35.5 Å². The van der Waals surface area contributed by atoms with E-state index in [-0.39, 0.29) is 18.8 Å². The Morgan fingerprint density at radius 1 is 1.29 bits per heavy atom. The molecule has 3 rings (SSSR count). The summed E-state index contributed by atoms with van der Waals surface area (Å²) < 4.78 is 24.8. The summed E-state index contributed by atoms with van der Waals surface area (Å²) in [5.41, 5.74) is 2.22. The lowest BCUT2D eigenvalue weighted by molar-refractivity contribution is -0.137. The fourth-order valence-electron chi connectivity index (χ4n) is 2.86. The first-order chi connectivity index (χ1) is 11.3. The number of rotatable bonds is 5. The van der Waals surface area contributed by atoms with Crippen molar-refractivity contribution in [2.45, 2.75) is 6.42 Å². The predicted molar refractivity (Wildman–Crippen MR) is 87.8 cm³/mol. The van der Waals surface area contributed by atoms with Crippen molar-refractivity contribution in [2.24, 2.45) is 0 Å². The quantitative estimate of drug-likeness (QED) is 0.703. The lowest BCUT2D eigenvalue weighted by Gasteiger charge is -2.17. The van der Waals surface area contributed by atoms with E-state index in [0.717, 1.165) is 16.7 Å². The zero-order valence-corrected chi connectivity index (χ0v) is 13.8. The van der Waals surface area contributed by atoms with Crippen LogP contribution in [0.15, 0.2) is 30.0 Å². The number of nitrogens with one attached hydrogen (secondary N) is 1. The van der Waals surface area contributed by atoms with Crippen LogP contribution in [0, 0.1) is 0 Å². The van der Waals surface area contributed by atoms with Gasteiger partial charge in [-0.05, 0) is 30.2 Å². The van der Waals surface area contributed by atoms with Crippen molar-refractivity contribution in [1.82, 2.24) is 4.90 Å². The zero-order chi connectivity index (χ0) is 17.5. The molecule has 2 N–H and O–H groups in total. The van der Waals surface area contributed by atoms with Gasteiger partial charge in [-0.2, -0.15) is 0 Å². The Morgan fingerprint density at radius 2 is 2.04 bits per heavy atom. The molecular weight excluding hydrogens is 334 g/mol. The number of aliphatic hydroxyl groups is 1. The van der Waals surface area contributed by atoms with E-state index in [0.29, 0.717) is 24.3 Å². The van der Waals surface area contributed by atoms with Crippen molar-refractivity contribution < 1.29 is 23.1 Å². The van der Waals surface area contributed by atoms with E-state index in [2.05, 4.69) is 5.32 Å². The third-order valence-corrected chi connectivity index (χ3v) is 5.12. The molecule has 0 fully saturated rings. The summed E-state index contributed by atoms with van der Waals surface area (Å²) >= 11 is 0. The molecule has 0 saturated carbocycles. The van der Waals surface area contributed by atoms with Crippen LogP contribution in [-0.4, -0.2) is 56.2 Å². The summed E-state index contributed by atoms with van der Waals surface area (Å²) in [6.45, 7) is 0.0492. The minimum absolute atomic E-state index is 0.0488. The molecule has 2 aliphatic rings. The van der Waals surface area contributed by atoms with E-state index in [9.17, 15) is 18.0 Å². The van der Waals surface area contributed by atoms with Crippen molar-refractivity contribution in [3.63, 3.8) is 0 Å². The number of hydrogen-bond acceptors (Lipinski definition) is 6. The Hall–Kier alpha value is -2.39. The lowest BCUT2D eigenvalue weighted by atomic mass is 10.1. The number of anilines is 2. The fraction of sp³-hybridized carbons (Fsp3) is 0.333. The molecule has 0 bridgehead atoms. The Bertz CT molecular complexity index is 847. The predicted octanol–water partition coefficient (Wildman–Crippen LogP) is -0.334. The number of nitrogens with zero attached hydrogens (tertiary/aromatic N) is 2. The van der Waals surface area contributed by atoms with Crippen molar-refractivity contribution in [2.75, 3.05) is 35.6 Å². The van der Waals surface area contributed by atoms with Crippen LogP contribution in [0.3, 0.4) is 0 Å². The fourth-order valence-corrected chi connectivity index (χ4v) is 3.82. The summed E-state index contributed by atoms with van der Waals surface area (Å²) in [6, 6.07) is 5.11. The molecule has 2 amide bonds. The van der Waals surface area contributed by atoms with Gasteiger partial charge in [0.2, 0.25) is 10.0 Å². The standard InChI is InChI=1S/C15H17N3O5S/c1-24(22,23)18-5-4-10-8-11(2-3-13(10)18)16-12-9-14(20)17(6-7-19)15(12)21/h2-3,8-9,16,19H,4-7H2,1H3. The van der Waals surface area contributed by atoms with Crippen LogP contribution in [0.5, 0.6) is 0 Å². The van der Waals surface area contributed by atoms with E-state index in [4.69, 9.17) is 5.11 Å². The SMILES string of the molecule is CS(=O)(=O)N1CCc2cc(NC3=CC(=O)N(CCO)C3=O)ccc21. The minimum Gasteiger partial charge on any atom is -0.395 e. The molecule has 0 aliphatic carbocycles. The van der Waals surface area contributed by atoms with Crippen LogP contribution in [0.25, 0.3) is 0 Å². The number of imide groups is 1. The largest absolute Gasteiger partial charge is 0.395 e. The van der Waals surface area contributed by atoms with Crippen LogP contribution in [0.4, 0.5) is 11.4 Å². The summed E-state index contributed by atoms with van der Waals surface area (Å²) in [7, 11) is -3.31. The summed E-state index contributed by atoms with van der Waals surface area (Å²) in [5.74, 6) is -0.965. The second-order valence-corrected chi connectivity index (χ2v) is 7.54. The molecule has 0 spiro atoms. The van der Waals surface area contributed by atoms with E-state index in [1.165, 1.54) is 10.4 Å². The molecule has 9 heteroatoms. The Labute approximate surface area is 139 Å². The second kappa shape index (κ2) is 5.91. The number of hydrogen-bond donors (Lipinski definition) is 2. The number of fused-ring (bicyclic) bond motifs is 1. The second-order valence-electron chi connectivity index (χ2n) is 5.63. The van der Waals surface area contributed by atoms with Gasteiger partial charge in [0.05, 0.1) is 25.1 Å². The summed E-state index contributed by atoms with van der Waals surface area (Å²) in [6.07, 6.45) is 2.94. The molecular formula is C15H17N3O5S. The summed E-state index contributed by atoms with van der Waals surface area (Å²) in [4.78, 5) is 24.8. The highest BCUT2D eigenvalue weighted by Gasteiger charge is 2.31. The smallest absolute Gasteiger partial charge is 0.277 e. The Kier molecular flexibility index (Phi) is 4.06. The first-order valence-electron chi connectivity index (χ1n) is 7.37. The number of amides is 2. The third kappa shape index (κ3) is 2.87. The summed E-state index contributed by atoms with van der Waals surface area (Å²) in [5, 5.41) is 11.8. The molecule has 0 aromatic heterocycles. The molecule has 128 valence electrons. The van der Waals surface area contributed by atoms with Crippen LogP contribution < -0.4 is 9.62 Å². The van der Waals surface area contributed by atoms with E-state index in [1.807, 2.05) is 0 Å². The maximum Gasteiger partial charge on any atom is 0.277 e. The Balaban J connectivity index is 1.80. The molecule has 2 heterocycles. The Morgan fingerprint density at radius 3 is 2.71 bits per heavy atom. The van der Waals surface area contributed by atoms with Crippen LogP contribution in [0.1, 0.15) is 5.56 Å². The first-order valence-corrected chi connectivity index (χ1v) is 9.22. The minimum atomic E-state index is -3.31. The number of β-amino-alcohol motifs (C(OH)–C–C–N with tert-alkyl or cyclic N) is 1. The number of aliphatic hydroxyl groups excluding tert-OH is 1. The van der Waals surface area contributed by atoms with Gasteiger partial charge < -0.3 is 10.4 Å². The number of carbonyl (C=O) groups is 2. The lowest BCUT2D eigenvalue weighted by Crippen LogP contribution is -2.34. The first kappa shape index (κ1) is 16.5. The van der Waals surface area contributed by atoms with Crippen LogP contribution in [-0.2, 0) is 26.0 Å². The van der Waals surface area contributed by atoms with Gasteiger partial charge in [-0.3, -0.25) is 18.8 Å². The van der Waals surface area contributed by atoms with E-state index in [1.54, 1.807) is 18.2 Å². The van der Waals surface area contributed by atoms with Crippen LogP contribution in [0.2, 0.25) is 0 Å². The molecule has 24 heavy (non-hydrogen) atoms. The number of benzene rings is 1. The molecule has 2 aliphatic heterocycles. The van der Waals surface area contributed by atoms with Gasteiger partial charge in [0.1, 0.15) is 5.70 Å². The van der Waals surface area contributed by atoms with Crippen molar-refractivity contribution in [3.8, 4) is 0 Å². The zero-order valence-electron chi connectivity index (χ0n) is 13.0. The molecule has 0 atom stereocenters. The van der Waals surface area contributed by atoms with Crippen molar-refractivity contribution >= 4 is 33.2 Å². The molecule has 8 nitrogen and oxygen atoms in total. The normalized spacial score (nSPS) is 17.3. The van der Waals surface area contributed by atoms with E-state index >= 15 is 0 Å². The number of sulfonamides is 1. The van der Waals surface area contributed by atoms with Gasteiger partial charge >= 0.3 is 0 Å². The maximum absolute atomic E-state index is 12.1. The van der Waals surface area contributed by atoms with E-state index < -0.39 is 21.8 Å². The van der Waals surface area contributed by atoms with Gasteiger partial charge in [0, 0.05) is 18.3 Å².